The molecule has 162 valence electrons. The molecule has 1 heterocycles. The highest BCUT2D eigenvalue weighted by molar-refractivity contribution is 6.00. The lowest BCUT2D eigenvalue weighted by molar-refractivity contribution is -0.148. The molecule has 1 aliphatic heterocycles. The fourth-order valence-corrected chi connectivity index (χ4v) is 3.93. The first-order valence-electron chi connectivity index (χ1n) is 10.3. The van der Waals surface area contributed by atoms with Gasteiger partial charge in [-0.1, -0.05) is 60.7 Å². The van der Waals surface area contributed by atoms with Crippen molar-refractivity contribution in [3.05, 3.63) is 96.1 Å². The second-order valence-electron chi connectivity index (χ2n) is 7.56. The first-order valence-corrected chi connectivity index (χ1v) is 10.3. The van der Waals surface area contributed by atoms with Gasteiger partial charge >= 0.3 is 5.97 Å². The maximum atomic E-state index is 13.2. The van der Waals surface area contributed by atoms with Crippen LogP contribution in [0.25, 0.3) is 0 Å². The third-order valence-electron chi connectivity index (χ3n) is 5.34. The minimum atomic E-state index is -1.06. The number of anilines is 1. The standard InChI is InChI=1S/C25H23N3O4/c1-16(29)26-19-12-14-20(15-13-19)32-25(31)22-21(17-8-4-2-5-9-17)23(27-28-24(22)30)18-10-6-3-7-11-18/h2-15,21-23,27H,1H3,(H,26,29)(H,28,30). The molecule has 1 saturated heterocycles. The summed E-state index contributed by atoms with van der Waals surface area (Å²) in [6.07, 6.45) is 0. The van der Waals surface area contributed by atoms with Crippen molar-refractivity contribution < 1.29 is 19.1 Å². The molecule has 3 N–H and O–H groups in total. The molecule has 3 atom stereocenters. The first-order chi connectivity index (χ1) is 15.5. The van der Waals surface area contributed by atoms with Crippen LogP contribution < -0.4 is 20.9 Å². The van der Waals surface area contributed by atoms with Gasteiger partial charge in [0.1, 0.15) is 11.7 Å². The molecule has 32 heavy (non-hydrogen) atoms. The highest BCUT2D eigenvalue weighted by atomic mass is 16.5. The third kappa shape index (κ3) is 4.68. The molecule has 1 aliphatic rings. The van der Waals surface area contributed by atoms with Gasteiger partial charge in [0.15, 0.2) is 0 Å². The van der Waals surface area contributed by atoms with Crippen LogP contribution in [-0.4, -0.2) is 17.8 Å². The second-order valence-corrected chi connectivity index (χ2v) is 7.56. The lowest BCUT2D eigenvalue weighted by atomic mass is 9.76. The van der Waals surface area contributed by atoms with E-state index in [9.17, 15) is 14.4 Å². The first kappa shape index (κ1) is 21.3. The average Bonchev–Trinajstić information content (AvgIpc) is 2.81. The zero-order chi connectivity index (χ0) is 22.5. The number of esters is 1. The highest BCUT2D eigenvalue weighted by Crippen LogP contribution is 2.40. The summed E-state index contributed by atoms with van der Waals surface area (Å²) in [5.74, 6) is -2.54. The van der Waals surface area contributed by atoms with Crippen molar-refractivity contribution in [1.29, 1.82) is 0 Å². The number of hydrogen-bond acceptors (Lipinski definition) is 5. The maximum absolute atomic E-state index is 13.2. The van der Waals surface area contributed by atoms with E-state index >= 15 is 0 Å². The summed E-state index contributed by atoms with van der Waals surface area (Å²) in [5.41, 5.74) is 8.08. The van der Waals surface area contributed by atoms with Crippen molar-refractivity contribution in [2.75, 3.05) is 5.32 Å². The highest BCUT2D eigenvalue weighted by Gasteiger charge is 2.45. The van der Waals surface area contributed by atoms with Gasteiger partial charge in [0.05, 0.1) is 6.04 Å². The van der Waals surface area contributed by atoms with Crippen molar-refractivity contribution in [2.45, 2.75) is 18.9 Å². The van der Waals surface area contributed by atoms with Crippen LogP contribution in [0, 0.1) is 5.92 Å². The van der Waals surface area contributed by atoms with Crippen LogP contribution in [0.3, 0.4) is 0 Å². The summed E-state index contributed by atoms with van der Waals surface area (Å²) in [6, 6.07) is 25.2. The van der Waals surface area contributed by atoms with Crippen LogP contribution in [0.5, 0.6) is 5.75 Å². The Morgan fingerprint density at radius 2 is 1.44 bits per heavy atom. The fourth-order valence-electron chi connectivity index (χ4n) is 3.93. The Bertz CT molecular complexity index is 1100. The van der Waals surface area contributed by atoms with Crippen molar-refractivity contribution in [1.82, 2.24) is 10.9 Å². The van der Waals surface area contributed by atoms with Gasteiger partial charge in [-0.2, -0.15) is 0 Å². The molecule has 7 heteroatoms. The van der Waals surface area contributed by atoms with E-state index < -0.39 is 23.7 Å². The van der Waals surface area contributed by atoms with Gasteiger partial charge in [-0.15, -0.1) is 0 Å². The quantitative estimate of drug-likeness (QED) is 0.328. The lowest BCUT2D eigenvalue weighted by Crippen LogP contribution is -2.56. The molecule has 2 amide bonds. The van der Waals surface area contributed by atoms with E-state index in [0.29, 0.717) is 11.4 Å². The Morgan fingerprint density at radius 1 is 0.844 bits per heavy atom. The molecule has 1 fully saturated rings. The number of carbonyl (C=O) groups is 3. The van der Waals surface area contributed by atoms with Crippen molar-refractivity contribution in [3.8, 4) is 5.75 Å². The summed E-state index contributed by atoms with van der Waals surface area (Å²) in [5, 5.41) is 2.66. The van der Waals surface area contributed by atoms with Crippen LogP contribution in [-0.2, 0) is 14.4 Å². The maximum Gasteiger partial charge on any atom is 0.324 e. The molecular formula is C25H23N3O4. The van der Waals surface area contributed by atoms with Gasteiger partial charge in [-0.25, -0.2) is 5.43 Å². The molecule has 0 aromatic heterocycles. The minimum absolute atomic E-state index is 0.196. The molecule has 0 aliphatic carbocycles. The summed E-state index contributed by atoms with van der Waals surface area (Å²) >= 11 is 0. The summed E-state index contributed by atoms with van der Waals surface area (Å²) < 4.78 is 5.58. The van der Waals surface area contributed by atoms with Crippen LogP contribution in [0.2, 0.25) is 0 Å². The van der Waals surface area contributed by atoms with Crippen molar-refractivity contribution in [2.24, 2.45) is 5.92 Å². The van der Waals surface area contributed by atoms with E-state index in [-0.39, 0.29) is 11.9 Å². The Balaban J connectivity index is 1.64. The molecule has 3 aromatic rings. The number of ether oxygens (including phenoxy) is 1. The second kappa shape index (κ2) is 9.45. The predicted molar refractivity (Wildman–Crippen MR) is 120 cm³/mol. The Hall–Kier alpha value is -3.97. The number of hydrazine groups is 1. The molecule has 0 bridgehead atoms. The number of nitrogens with one attached hydrogen (secondary N) is 3. The smallest absolute Gasteiger partial charge is 0.324 e. The van der Waals surface area contributed by atoms with Crippen molar-refractivity contribution in [3.63, 3.8) is 0 Å². The molecular weight excluding hydrogens is 406 g/mol. The summed E-state index contributed by atoms with van der Waals surface area (Å²) in [7, 11) is 0. The summed E-state index contributed by atoms with van der Waals surface area (Å²) in [4.78, 5) is 37.3. The molecule has 7 nitrogen and oxygen atoms in total. The van der Waals surface area contributed by atoms with Gasteiger partial charge in [-0.05, 0) is 35.4 Å². The topological polar surface area (TPSA) is 96.5 Å². The SMILES string of the molecule is CC(=O)Nc1ccc(OC(=O)C2C(=O)NNC(c3ccccc3)C2c2ccccc2)cc1. The van der Waals surface area contributed by atoms with E-state index in [1.165, 1.54) is 6.92 Å². The number of rotatable bonds is 5. The molecule has 3 unspecified atom stereocenters. The number of benzene rings is 3. The van der Waals surface area contributed by atoms with E-state index in [1.54, 1.807) is 24.3 Å². The molecule has 0 saturated carbocycles. The number of carbonyl (C=O) groups excluding carboxylic acids is 3. The number of hydrogen-bond donors (Lipinski definition) is 3. The minimum Gasteiger partial charge on any atom is -0.426 e. The Morgan fingerprint density at radius 3 is 2.03 bits per heavy atom. The van der Waals surface area contributed by atoms with Crippen molar-refractivity contribution >= 4 is 23.5 Å². The lowest BCUT2D eigenvalue weighted by Gasteiger charge is -2.37. The van der Waals surface area contributed by atoms with Crippen LogP contribution in [0.4, 0.5) is 5.69 Å². The van der Waals surface area contributed by atoms with Gasteiger partial charge in [0, 0.05) is 18.5 Å². The average molecular weight is 429 g/mol. The molecule has 0 spiro atoms. The number of amides is 2. The van der Waals surface area contributed by atoms with Crippen LogP contribution in [0.1, 0.15) is 30.0 Å². The molecule has 0 radical (unpaired) electrons. The van der Waals surface area contributed by atoms with Crippen LogP contribution >= 0.6 is 0 Å². The van der Waals surface area contributed by atoms with Gasteiger partial charge < -0.3 is 10.1 Å². The van der Waals surface area contributed by atoms with Gasteiger partial charge in [0.2, 0.25) is 11.8 Å². The zero-order valence-corrected chi connectivity index (χ0v) is 17.4. The largest absolute Gasteiger partial charge is 0.426 e. The fraction of sp³-hybridized carbons (Fsp3) is 0.160. The summed E-state index contributed by atoms with van der Waals surface area (Å²) in [6.45, 7) is 1.41. The van der Waals surface area contributed by atoms with E-state index in [0.717, 1.165) is 11.1 Å². The monoisotopic (exact) mass is 429 g/mol. The van der Waals surface area contributed by atoms with Gasteiger partial charge in [0.25, 0.3) is 0 Å². The zero-order valence-electron chi connectivity index (χ0n) is 17.4. The Kier molecular flexibility index (Phi) is 6.28. The molecule has 4 rings (SSSR count). The van der Waals surface area contributed by atoms with Gasteiger partial charge in [-0.3, -0.25) is 19.8 Å². The third-order valence-corrected chi connectivity index (χ3v) is 5.34. The van der Waals surface area contributed by atoms with Crippen LogP contribution in [0.15, 0.2) is 84.9 Å². The normalized spacial score (nSPS) is 20.2. The predicted octanol–water partition coefficient (Wildman–Crippen LogP) is 3.33. The molecule has 3 aromatic carbocycles. The van der Waals surface area contributed by atoms with E-state index in [2.05, 4.69) is 16.2 Å². The Labute approximate surface area is 185 Å². The van der Waals surface area contributed by atoms with E-state index in [4.69, 9.17) is 4.74 Å². The van der Waals surface area contributed by atoms with E-state index in [1.807, 2.05) is 60.7 Å².